The van der Waals surface area contributed by atoms with Crippen molar-refractivity contribution in [3.63, 3.8) is 0 Å². The first kappa shape index (κ1) is 17.0. The lowest BCUT2D eigenvalue weighted by Crippen LogP contribution is -2.49. The van der Waals surface area contributed by atoms with Crippen molar-refractivity contribution in [3.05, 3.63) is 59.7 Å². The standard InChI is InChI=1S/C21H23N3OS/c1-2-16-7-9-17(10-8-16)15-20(25)23-11-13-24(14-12-23)21-22-18-5-3-4-6-19(18)26-21/h3-10H,2,11-15H2,1H3. The van der Waals surface area contributed by atoms with Crippen LogP contribution in [0.25, 0.3) is 10.2 Å². The summed E-state index contributed by atoms with van der Waals surface area (Å²) < 4.78 is 1.22. The molecule has 1 aliphatic heterocycles. The Morgan fingerprint density at radius 2 is 1.69 bits per heavy atom. The predicted molar refractivity (Wildman–Crippen MR) is 108 cm³/mol. The van der Waals surface area contributed by atoms with Crippen molar-refractivity contribution in [3.8, 4) is 0 Å². The maximum Gasteiger partial charge on any atom is 0.227 e. The molecular weight excluding hydrogens is 342 g/mol. The third kappa shape index (κ3) is 3.58. The van der Waals surface area contributed by atoms with Crippen LogP contribution in [0.4, 0.5) is 5.13 Å². The lowest BCUT2D eigenvalue weighted by Gasteiger charge is -2.34. The molecule has 0 radical (unpaired) electrons. The molecule has 1 aliphatic rings. The number of fused-ring (bicyclic) bond motifs is 1. The van der Waals surface area contributed by atoms with Crippen LogP contribution in [0.1, 0.15) is 18.1 Å². The predicted octanol–water partition coefficient (Wildman–Crippen LogP) is 3.75. The highest BCUT2D eigenvalue weighted by Gasteiger charge is 2.23. The molecule has 1 saturated heterocycles. The van der Waals surface area contributed by atoms with E-state index in [4.69, 9.17) is 4.98 Å². The number of benzene rings is 2. The zero-order valence-electron chi connectivity index (χ0n) is 15.0. The first-order valence-electron chi connectivity index (χ1n) is 9.19. The van der Waals surface area contributed by atoms with E-state index in [2.05, 4.69) is 48.2 Å². The maximum atomic E-state index is 12.6. The van der Waals surface area contributed by atoms with Crippen LogP contribution in [0.2, 0.25) is 0 Å². The average molecular weight is 366 g/mol. The largest absolute Gasteiger partial charge is 0.345 e. The van der Waals surface area contributed by atoms with E-state index in [0.717, 1.165) is 48.8 Å². The van der Waals surface area contributed by atoms with Gasteiger partial charge >= 0.3 is 0 Å². The van der Waals surface area contributed by atoms with Crippen LogP contribution in [0.5, 0.6) is 0 Å². The molecule has 4 nitrogen and oxygen atoms in total. The molecule has 3 aromatic rings. The lowest BCUT2D eigenvalue weighted by molar-refractivity contribution is -0.130. The number of carbonyl (C=O) groups is 1. The van der Waals surface area contributed by atoms with Gasteiger partial charge in [0.05, 0.1) is 16.6 Å². The van der Waals surface area contributed by atoms with Crippen molar-refractivity contribution < 1.29 is 4.79 Å². The van der Waals surface area contributed by atoms with Crippen LogP contribution in [0, 0.1) is 0 Å². The number of hydrogen-bond acceptors (Lipinski definition) is 4. The molecule has 4 rings (SSSR count). The second-order valence-corrected chi connectivity index (χ2v) is 7.69. The fourth-order valence-electron chi connectivity index (χ4n) is 3.32. The number of thiazole rings is 1. The molecule has 0 bridgehead atoms. The number of hydrogen-bond donors (Lipinski definition) is 0. The number of amides is 1. The summed E-state index contributed by atoms with van der Waals surface area (Å²) in [5, 5.41) is 1.06. The topological polar surface area (TPSA) is 36.4 Å². The Bertz CT molecular complexity index is 862. The summed E-state index contributed by atoms with van der Waals surface area (Å²) in [5.41, 5.74) is 3.47. The molecule has 1 amide bonds. The minimum atomic E-state index is 0.221. The number of anilines is 1. The minimum Gasteiger partial charge on any atom is -0.345 e. The highest BCUT2D eigenvalue weighted by Crippen LogP contribution is 2.29. The number of aromatic nitrogens is 1. The summed E-state index contributed by atoms with van der Waals surface area (Å²) in [6.45, 7) is 5.37. The van der Waals surface area contributed by atoms with Gasteiger partial charge in [0, 0.05) is 26.2 Å². The fourth-order valence-corrected chi connectivity index (χ4v) is 4.34. The Morgan fingerprint density at radius 3 is 2.38 bits per heavy atom. The van der Waals surface area contributed by atoms with Gasteiger partial charge in [-0.3, -0.25) is 4.79 Å². The molecule has 0 saturated carbocycles. The molecule has 1 fully saturated rings. The van der Waals surface area contributed by atoms with Crippen molar-refractivity contribution in [1.82, 2.24) is 9.88 Å². The van der Waals surface area contributed by atoms with Crippen LogP contribution >= 0.6 is 11.3 Å². The van der Waals surface area contributed by atoms with Crippen LogP contribution < -0.4 is 4.90 Å². The minimum absolute atomic E-state index is 0.221. The SMILES string of the molecule is CCc1ccc(CC(=O)N2CCN(c3nc4ccccc4s3)CC2)cc1. The number of nitrogens with zero attached hydrogens (tertiary/aromatic N) is 3. The molecule has 134 valence electrons. The van der Waals surface area contributed by atoms with Gasteiger partial charge in [0.15, 0.2) is 5.13 Å². The number of carbonyl (C=O) groups excluding carboxylic acids is 1. The Morgan fingerprint density at radius 1 is 1.00 bits per heavy atom. The molecule has 0 unspecified atom stereocenters. The van der Waals surface area contributed by atoms with E-state index in [9.17, 15) is 4.79 Å². The fraction of sp³-hybridized carbons (Fsp3) is 0.333. The lowest BCUT2D eigenvalue weighted by atomic mass is 10.1. The molecule has 0 atom stereocenters. The Kier molecular flexibility index (Phi) is 4.89. The van der Waals surface area contributed by atoms with Gasteiger partial charge in [-0.1, -0.05) is 54.7 Å². The van der Waals surface area contributed by atoms with Crippen molar-refractivity contribution in [1.29, 1.82) is 0 Å². The highest BCUT2D eigenvalue weighted by molar-refractivity contribution is 7.22. The molecular formula is C21H23N3OS. The summed E-state index contributed by atoms with van der Waals surface area (Å²) in [6, 6.07) is 16.6. The van der Waals surface area contributed by atoms with Gasteiger partial charge in [-0.2, -0.15) is 0 Å². The Labute approximate surface area is 158 Å². The van der Waals surface area contributed by atoms with Crippen molar-refractivity contribution in [2.45, 2.75) is 19.8 Å². The van der Waals surface area contributed by atoms with Gasteiger partial charge < -0.3 is 9.80 Å². The smallest absolute Gasteiger partial charge is 0.227 e. The van der Waals surface area contributed by atoms with Gasteiger partial charge in [-0.15, -0.1) is 0 Å². The van der Waals surface area contributed by atoms with Gasteiger partial charge in [0.2, 0.25) is 5.91 Å². The summed E-state index contributed by atoms with van der Waals surface area (Å²) in [7, 11) is 0. The molecule has 0 aliphatic carbocycles. The zero-order chi connectivity index (χ0) is 17.9. The second kappa shape index (κ2) is 7.46. The number of para-hydroxylation sites is 1. The molecule has 1 aromatic heterocycles. The maximum absolute atomic E-state index is 12.6. The third-order valence-corrected chi connectivity index (χ3v) is 6.07. The van der Waals surface area contributed by atoms with Gasteiger partial charge in [0.1, 0.15) is 0 Å². The Hall–Kier alpha value is -2.40. The van der Waals surface area contributed by atoms with Crippen molar-refractivity contribution in [2.75, 3.05) is 31.1 Å². The van der Waals surface area contributed by atoms with Gasteiger partial charge in [0.25, 0.3) is 0 Å². The van der Waals surface area contributed by atoms with Crippen molar-refractivity contribution in [2.24, 2.45) is 0 Å². The first-order valence-corrected chi connectivity index (χ1v) is 10.0. The van der Waals surface area contributed by atoms with E-state index in [-0.39, 0.29) is 5.91 Å². The van der Waals surface area contributed by atoms with E-state index < -0.39 is 0 Å². The molecule has 5 heteroatoms. The molecule has 26 heavy (non-hydrogen) atoms. The van der Waals surface area contributed by atoms with Gasteiger partial charge in [-0.05, 0) is 29.7 Å². The third-order valence-electron chi connectivity index (χ3n) is 4.97. The molecule has 2 aromatic carbocycles. The first-order chi connectivity index (χ1) is 12.7. The second-order valence-electron chi connectivity index (χ2n) is 6.68. The van der Waals surface area contributed by atoms with E-state index >= 15 is 0 Å². The molecule has 0 spiro atoms. The monoisotopic (exact) mass is 365 g/mol. The summed E-state index contributed by atoms with van der Waals surface area (Å²) >= 11 is 1.73. The van der Waals surface area contributed by atoms with E-state index in [1.165, 1.54) is 10.3 Å². The van der Waals surface area contributed by atoms with Crippen LogP contribution in [-0.4, -0.2) is 42.0 Å². The van der Waals surface area contributed by atoms with E-state index in [1.807, 2.05) is 17.0 Å². The molecule has 2 heterocycles. The van der Waals surface area contributed by atoms with Gasteiger partial charge in [-0.25, -0.2) is 4.98 Å². The van der Waals surface area contributed by atoms with Crippen molar-refractivity contribution >= 4 is 32.6 Å². The van der Waals surface area contributed by atoms with Crippen LogP contribution in [0.15, 0.2) is 48.5 Å². The number of aryl methyl sites for hydroxylation is 1. The zero-order valence-corrected chi connectivity index (χ0v) is 15.8. The highest BCUT2D eigenvalue weighted by atomic mass is 32.1. The van der Waals surface area contributed by atoms with E-state index in [1.54, 1.807) is 11.3 Å². The Balaban J connectivity index is 1.35. The average Bonchev–Trinajstić information content (AvgIpc) is 3.13. The summed E-state index contributed by atoms with van der Waals surface area (Å²) in [6.07, 6.45) is 1.52. The summed E-state index contributed by atoms with van der Waals surface area (Å²) in [5.74, 6) is 0.221. The van der Waals surface area contributed by atoms with Crippen LogP contribution in [-0.2, 0) is 17.6 Å². The molecule has 0 N–H and O–H groups in total. The summed E-state index contributed by atoms with van der Waals surface area (Å²) in [4.78, 5) is 21.6. The normalized spacial score (nSPS) is 14.8. The quantitative estimate of drug-likeness (QED) is 0.706. The number of piperazine rings is 1. The van der Waals surface area contributed by atoms with E-state index in [0.29, 0.717) is 6.42 Å². The van der Waals surface area contributed by atoms with Crippen LogP contribution in [0.3, 0.4) is 0 Å². The number of rotatable bonds is 4.